The summed E-state index contributed by atoms with van der Waals surface area (Å²) < 4.78 is 38.4. The fourth-order valence-corrected chi connectivity index (χ4v) is 3.26. The van der Waals surface area contributed by atoms with E-state index in [1.54, 1.807) is 30.0 Å². The van der Waals surface area contributed by atoms with Crippen molar-refractivity contribution < 1.29 is 23.0 Å². The highest BCUT2D eigenvalue weighted by atomic mass is 19.3. The first-order valence-corrected chi connectivity index (χ1v) is 9.82. The van der Waals surface area contributed by atoms with Crippen molar-refractivity contribution in [3.63, 3.8) is 0 Å². The number of aromatic nitrogens is 5. The molecule has 32 heavy (non-hydrogen) atoms. The van der Waals surface area contributed by atoms with Crippen molar-refractivity contribution in [1.29, 1.82) is 0 Å². The number of anilines is 1. The number of halogens is 2. The van der Waals surface area contributed by atoms with E-state index in [2.05, 4.69) is 25.8 Å². The Morgan fingerprint density at radius 1 is 1.19 bits per heavy atom. The summed E-state index contributed by atoms with van der Waals surface area (Å²) in [6.07, 6.45) is -2.54. The fourth-order valence-electron chi connectivity index (χ4n) is 3.26. The van der Waals surface area contributed by atoms with Crippen molar-refractivity contribution in [1.82, 2.24) is 30.5 Å². The lowest BCUT2D eigenvalue weighted by atomic mass is 10.2. The maximum atomic E-state index is 12.8. The predicted molar refractivity (Wildman–Crippen MR) is 109 cm³/mol. The maximum Gasteiger partial charge on any atom is 0.263 e. The van der Waals surface area contributed by atoms with Gasteiger partial charge in [-0.2, -0.15) is 0 Å². The zero-order valence-corrected chi connectivity index (χ0v) is 17.5. The molecule has 1 amide bonds. The number of hydrogen-bond acceptors (Lipinski definition) is 8. The van der Waals surface area contributed by atoms with Gasteiger partial charge in [0.15, 0.2) is 11.6 Å². The lowest BCUT2D eigenvalue weighted by molar-refractivity contribution is -0.120. The van der Waals surface area contributed by atoms with Crippen molar-refractivity contribution >= 4 is 11.7 Å². The van der Waals surface area contributed by atoms with Crippen LogP contribution in [-0.4, -0.2) is 57.8 Å². The number of nitrogens with one attached hydrogen (secondary N) is 1. The number of hydrogen-bond donors (Lipinski definition) is 1. The average molecular weight is 445 g/mol. The Morgan fingerprint density at radius 3 is 2.66 bits per heavy atom. The van der Waals surface area contributed by atoms with Gasteiger partial charge in [0.2, 0.25) is 11.8 Å². The number of carbonyl (C=O) groups is 1. The molecule has 1 N–H and O–H groups in total. The molecule has 0 radical (unpaired) electrons. The lowest BCUT2D eigenvalue weighted by Gasteiger charge is -2.28. The van der Waals surface area contributed by atoms with Gasteiger partial charge in [-0.05, 0) is 19.1 Å². The van der Waals surface area contributed by atoms with Crippen LogP contribution < -0.4 is 19.7 Å². The van der Waals surface area contributed by atoms with Gasteiger partial charge in [-0.1, -0.05) is 17.3 Å². The number of nitrogens with zero attached hydrogens (tertiary/aromatic N) is 6. The van der Waals surface area contributed by atoms with E-state index < -0.39 is 6.43 Å². The van der Waals surface area contributed by atoms with Crippen molar-refractivity contribution in [3.05, 3.63) is 47.3 Å². The molecule has 1 aromatic carbocycles. The molecule has 1 aliphatic rings. The second-order valence-corrected chi connectivity index (χ2v) is 7.06. The second kappa shape index (κ2) is 9.12. The molecule has 12 heteroatoms. The summed E-state index contributed by atoms with van der Waals surface area (Å²) in [5, 5.41) is 19.2. The van der Waals surface area contributed by atoms with Crippen LogP contribution in [0.5, 0.6) is 11.6 Å². The maximum absolute atomic E-state index is 12.8. The quantitative estimate of drug-likeness (QED) is 0.587. The SMILES string of the molecule is COc1cc(OCc2c(C)nnn2-c2ccc(C(F)F)cc2)nnc1N1CCNC(=O)C1. The molecule has 1 fully saturated rings. The zero-order chi connectivity index (χ0) is 22.7. The van der Waals surface area contributed by atoms with E-state index in [9.17, 15) is 13.6 Å². The second-order valence-electron chi connectivity index (χ2n) is 7.06. The number of rotatable bonds is 7. The Bertz CT molecular complexity index is 1110. The van der Waals surface area contributed by atoms with Gasteiger partial charge in [0.25, 0.3) is 6.43 Å². The molecule has 1 saturated heterocycles. The minimum atomic E-state index is -2.54. The number of alkyl halides is 2. The number of ether oxygens (including phenoxy) is 2. The smallest absolute Gasteiger partial charge is 0.263 e. The van der Waals surface area contributed by atoms with E-state index in [1.165, 1.54) is 23.9 Å². The third-order valence-electron chi connectivity index (χ3n) is 4.98. The van der Waals surface area contributed by atoms with E-state index in [-0.39, 0.29) is 30.5 Å². The molecule has 4 rings (SSSR count). The van der Waals surface area contributed by atoms with Crippen LogP contribution in [0.2, 0.25) is 0 Å². The molecule has 2 aromatic heterocycles. The number of aryl methyl sites for hydroxylation is 1. The summed E-state index contributed by atoms with van der Waals surface area (Å²) in [5.74, 6) is 0.998. The number of amides is 1. The minimum Gasteiger partial charge on any atom is -0.493 e. The number of piperazine rings is 1. The summed E-state index contributed by atoms with van der Waals surface area (Å²) in [4.78, 5) is 13.4. The van der Waals surface area contributed by atoms with Crippen molar-refractivity contribution in [2.75, 3.05) is 31.6 Å². The van der Waals surface area contributed by atoms with Crippen LogP contribution in [0, 0.1) is 6.92 Å². The van der Waals surface area contributed by atoms with Gasteiger partial charge in [0.05, 0.1) is 25.0 Å². The molecule has 0 bridgehead atoms. The fraction of sp³-hybridized carbons (Fsp3) is 0.350. The molecule has 168 valence electrons. The Labute approximate surface area is 182 Å². The van der Waals surface area contributed by atoms with Gasteiger partial charge < -0.3 is 19.7 Å². The molecule has 3 aromatic rings. The van der Waals surface area contributed by atoms with E-state index in [1.807, 2.05) is 0 Å². The number of methoxy groups -OCH3 is 1. The van der Waals surface area contributed by atoms with Crippen LogP contribution in [0.4, 0.5) is 14.6 Å². The molecule has 0 aliphatic carbocycles. The van der Waals surface area contributed by atoms with Gasteiger partial charge in [-0.15, -0.1) is 15.3 Å². The number of carbonyl (C=O) groups excluding carboxylic acids is 1. The highest BCUT2D eigenvalue weighted by Gasteiger charge is 2.22. The van der Waals surface area contributed by atoms with Gasteiger partial charge in [-0.3, -0.25) is 4.79 Å². The highest BCUT2D eigenvalue weighted by Crippen LogP contribution is 2.29. The Balaban J connectivity index is 1.51. The molecule has 0 saturated carbocycles. The van der Waals surface area contributed by atoms with Gasteiger partial charge in [0.1, 0.15) is 12.3 Å². The first kappa shape index (κ1) is 21.4. The first-order valence-electron chi connectivity index (χ1n) is 9.82. The molecule has 0 unspecified atom stereocenters. The van der Waals surface area contributed by atoms with E-state index in [0.29, 0.717) is 41.7 Å². The van der Waals surface area contributed by atoms with Crippen molar-refractivity contribution in [3.8, 4) is 17.3 Å². The van der Waals surface area contributed by atoms with Crippen LogP contribution in [0.3, 0.4) is 0 Å². The van der Waals surface area contributed by atoms with E-state index in [4.69, 9.17) is 9.47 Å². The third kappa shape index (κ3) is 4.43. The third-order valence-corrected chi connectivity index (χ3v) is 4.98. The predicted octanol–water partition coefficient (Wildman–Crippen LogP) is 1.83. The zero-order valence-electron chi connectivity index (χ0n) is 17.5. The molecule has 10 nitrogen and oxygen atoms in total. The molecule has 0 atom stereocenters. The normalized spacial score (nSPS) is 13.9. The van der Waals surface area contributed by atoms with Crippen molar-refractivity contribution in [2.24, 2.45) is 0 Å². The Hall–Kier alpha value is -3.83. The minimum absolute atomic E-state index is 0.0682. The lowest BCUT2D eigenvalue weighted by Crippen LogP contribution is -2.48. The summed E-state index contributed by atoms with van der Waals surface area (Å²) in [5.41, 5.74) is 1.76. The molecule has 0 spiro atoms. The van der Waals surface area contributed by atoms with Crippen LogP contribution in [0.15, 0.2) is 30.3 Å². The molecular formula is C20H21F2N7O3. The van der Waals surface area contributed by atoms with Crippen LogP contribution in [0.25, 0.3) is 5.69 Å². The summed E-state index contributed by atoms with van der Waals surface area (Å²) in [7, 11) is 1.50. The Morgan fingerprint density at radius 2 is 1.97 bits per heavy atom. The standard InChI is InChI=1S/C20H21F2N7O3/c1-12-15(29(27-24-12)14-5-3-13(4-6-14)19(21)22)11-32-18-9-16(31-2)20(26-25-18)28-8-7-23-17(30)10-28/h3-6,9,19H,7-8,10-11H2,1-2H3,(H,23,30). The Kier molecular flexibility index (Phi) is 6.10. The largest absolute Gasteiger partial charge is 0.493 e. The van der Waals surface area contributed by atoms with Crippen molar-refractivity contribution in [2.45, 2.75) is 20.0 Å². The van der Waals surface area contributed by atoms with Gasteiger partial charge >= 0.3 is 0 Å². The summed E-state index contributed by atoms with van der Waals surface area (Å²) in [6, 6.07) is 7.38. The summed E-state index contributed by atoms with van der Waals surface area (Å²) in [6.45, 7) is 3.10. The number of benzene rings is 1. The molecule has 1 aliphatic heterocycles. The molecular weight excluding hydrogens is 424 g/mol. The summed E-state index contributed by atoms with van der Waals surface area (Å²) >= 11 is 0. The van der Waals surface area contributed by atoms with E-state index >= 15 is 0 Å². The monoisotopic (exact) mass is 445 g/mol. The average Bonchev–Trinajstić information content (AvgIpc) is 3.17. The molecule has 3 heterocycles. The van der Waals surface area contributed by atoms with Crippen LogP contribution >= 0.6 is 0 Å². The topological polar surface area (TPSA) is 107 Å². The highest BCUT2D eigenvalue weighted by molar-refractivity contribution is 5.82. The van der Waals surface area contributed by atoms with Crippen LogP contribution in [0.1, 0.15) is 23.4 Å². The first-order chi connectivity index (χ1) is 15.5. The van der Waals surface area contributed by atoms with E-state index in [0.717, 1.165) is 0 Å². The van der Waals surface area contributed by atoms with Gasteiger partial charge in [0, 0.05) is 24.7 Å². The van der Waals surface area contributed by atoms with Gasteiger partial charge in [-0.25, -0.2) is 13.5 Å². The van der Waals surface area contributed by atoms with Crippen LogP contribution in [-0.2, 0) is 11.4 Å².